The molecule has 7 aromatic rings. The van der Waals surface area contributed by atoms with Gasteiger partial charge in [-0.25, -0.2) is 23.7 Å². The van der Waals surface area contributed by atoms with Gasteiger partial charge in [-0.3, -0.25) is 0 Å². The summed E-state index contributed by atoms with van der Waals surface area (Å²) in [5.41, 5.74) is 21.2. The molecule has 1 aromatic carbocycles. The number of pyridine rings is 3. The highest BCUT2D eigenvalue weighted by Gasteiger charge is 2.20. The number of benzene rings is 1. The van der Waals surface area contributed by atoms with E-state index in [0.29, 0.717) is 13.2 Å². The first-order chi connectivity index (χ1) is 27.4. The summed E-state index contributed by atoms with van der Waals surface area (Å²) in [5, 5.41) is 0. The van der Waals surface area contributed by atoms with Gasteiger partial charge >= 0.3 is 0 Å². The number of hydrogen-bond donors (Lipinski definition) is 3. The van der Waals surface area contributed by atoms with Gasteiger partial charge in [0.2, 0.25) is 0 Å². The van der Waals surface area contributed by atoms with Crippen LogP contribution >= 0.6 is 0 Å². The molecule has 2 aliphatic rings. The minimum atomic E-state index is 0.580. The van der Waals surface area contributed by atoms with Gasteiger partial charge in [-0.15, -0.1) is 0 Å². The number of nitrogens with zero attached hydrogens (tertiary/aromatic N) is 5. The lowest BCUT2D eigenvalue weighted by atomic mass is 10.0. The van der Waals surface area contributed by atoms with Crippen molar-refractivity contribution < 1.29 is 18.4 Å². The zero-order valence-corrected chi connectivity index (χ0v) is 31.7. The van der Waals surface area contributed by atoms with Gasteiger partial charge in [0.1, 0.15) is 26.9 Å². The Labute approximate surface area is 325 Å². The molecule has 0 amide bonds. The highest BCUT2D eigenvalue weighted by molar-refractivity contribution is 6.00. The number of nitrogens with two attached hydrogens (primary N) is 1. The number of nitrogens with one attached hydrogen (secondary N) is 2. The molecule has 274 valence electrons. The molecule has 0 saturated carbocycles. The molecular formula is C47H43N8O+3. The van der Waals surface area contributed by atoms with Crippen LogP contribution in [0, 0.1) is 0 Å². The van der Waals surface area contributed by atoms with Crippen molar-refractivity contribution in [3.05, 3.63) is 145 Å². The van der Waals surface area contributed by atoms with Crippen LogP contribution in [0.4, 0.5) is 0 Å². The van der Waals surface area contributed by atoms with Crippen LogP contribution in [0.5, 0.6) is 5.75 Å². The first-order valence-electron chi connectivity index (χ1n) is 18.9. The van der Waals surface area contributed by atoms with Gasteiger partial charge in [0.05, 0.1) is 29.4 Å². The van der Waals surface area contributed by atoms with E-state index in [0.717, 1.165) is 102 Å². The van der Waals surface area contributed by atoms with E-state index in [-0.39, 0.29) is 0 Å². The molecule has 0 atom stereocenters. The molecule has 9 nitrogen and oxygen atoms in total. The van der Waals surface area contributed by atoms with Crippen molar-refractivity contribution in [2.24, 2.45) is 26.9 Å². The monoisotopic (exact) mass is 735 g/mol. The third-order valence-corrected chi connectivity index (χ3v) is 10.3. The van der Waals surface area contributed by atoms with Crippen LogP contribution in [-0.2, 0) is 21.1 Å². The SMILES string of the molecule is C[n+]1ccc(-c2c3nc(c(-c4cc[n+](C)cc4)c4ccc([nH]4)c(-c4ccc(OCCCN)cc4)c4ccc([nH]4)c(-c4cc[n+](C)cc4)c4nc2C=C4)C=C3)cc1. The molecule has 0 aliphatic carbocycles. The summed E-state index contributed by atoms with van der Waals surface area (Å²) in [4.78, 5) is 18.5. The molecule has 8 bridgehead atoms. The van der Waals surface area contributed by atoms with Crippen molar-refractivity contribution in [1.29, 1.82) is 0 Å². The van der Waals surface area contributed by atoms with Crippen LogP contribution in [0.2, 0.25) is 0 Å². The molecule has 2 aliphatic heterocycles. The molecule has 9 rings (SSSR count). The molecule has 6 aromatic heterocycles. The Morgan fingerprint density at radius 1 is 0.464 bits per heavy atom. The van der Waals surface area contributed by atoms with Crippen molar-refractivity contribution in [3.63, 3.8) is 0 Å². The minimum absolute atomic E-state index is 0.580. The van der Waals surface area contributed by atoms with Crippen molar-refractivity contribution in [1.82, 2.24) is 19.9 Å². The van der Waals surface area contributed by atoms with E-state index in [9.17, 15) is 0 Å². The molecule has 8 heterocycles. The van der Waals surface area contributed by atoms with E-state index in [1.807, 2.05) is 47.0 Å². The largest absolute Gasteiger partial charge is 0.494 e. The van der Waals surface area contributed by atoms with E-state index >= 15 is 0 Å². The van der Waals surface area contributed by atoms with E-state index in [1.54, 1.807) is 0 Å². The Morgan fingerprint density at radius 2 is 0.821 bits per heavy atom. The Bertz CT molecular complexity index is 2670. The van der Waals surface area contributed by atoms with Gasteiger partial charge < -0.3 is 20.4 Å². The lowest BCUT2D eigenvalue weighted by Gasteiger charge is -2.08. The molecular weight excluding hydrogens is 693 g/mol. The molecule has 0 radical (unpaired) electrons. The molecule has 4 N–H and O–H groups in total. The number of ether oxygens (including phenoxy) is 1. The topological polar surface area (TPSA) is 104 Å². The fourth-order valence-corrected chi connectivity index (χ4v) is 7.41. The lowest BCUT2D eigenvalue weighted by Crippen LogP contribution is -2.25. The standard InChI is InChI=1S/C47H42N8O/c1-53-24-17-32(18-25-53)45-38-11-9-36(49-38)44(31-5-7-35(8-6-31)56-30-4-23-48)37-10-12-39(50-37)46(33-19-26-54(2)27-20-33)41-14-16-43(52-41)47(42-15-13-40(45)51-42)34-21-28-55(3)29-22-34/h5-22,24-29H,4,23,30,48H2,1-3H3,(H,49,50,51,52)/q+2/p+1. The van der Waals surface area contributed by atoms with Gasteiger partial charge in [-0.2, -0.15) is 0 Å². The van der Waals surface area contributed by atoms with Crippen LogP contribution in [-0.4, -0.2) is 33.1 Å². The van der Waals surface area contributed by atoms with Crippen LogP contribution in [0.3, 0.4) is 0 Å². The predicted molar refractivity (Wildman–Crippen MR) is 223 cm³/mol. The third kappa shape index (κ3) is 6.69. The summed E-state index contributed by atoms with van der Waals surface area (Å²) in [6.45, 7) is 1.17. The van der Waals surface area contributed by atoms with Crippen LogP contribution in [0.15, 0.2) is 122 Å². The lowest BCUT2D eigenvalue weighted by molar-refractivity contribution is -0.671. The number of aromatic amines is 2. The molecule has 0 unspecified atom stereocenters. The Morgan fingerprint density at radius 3 is 1.23 bits per heavy atom. The van der Waals surface area contributed by atoms with Gasteiger partial charge in [0.25, 0.3) is 0 Å². The highest BCUT2D eigenvalue weighted by Crippen LogP contribution is 2.38. The maximum Gasteiger partial charge on any atom is 0.169 e. The maximum absolute atomic E-state index is 5.98. The second kappa shape index (κ2) is 14.7. The number of aromatic nitrogens is 7. The van der Waals surface area contributed by atoms with Crippen LogP contribution in [0.1, 0.15) is 29.2 Å². The summed E-state index contributed by atoms with van der Waals surface area (Å²) >= 11 is 0. The summed E-state index contributed by atoms with van der Waals surface area (Å²) in [7, 11) is 6.09. The molecule has 56 heavy (non-hydrogen) atoms. The molecule has 0 spiro atoms. The number of H-pyrrole nitrogens is 2. The summed E-state index contributed by atoms with van der Waals surface area (Å²) in [5.74, 6) is 0.813. The first-order valence-corrected chi connectivity index (χ1v) is 18.9. The fraction of sp³-hybridized carbons (Fsp3) is 0.128. The van der Waals surface area contributed by atoms with Crippen LogP contribution < -0.4 is 24.2 Å². The maximum atomic E-state index is 5.98. The van der Waals surface area contributed by atoms with Crippen molar-refractivity contribution in [2.45, 2.75) is 6.42 Å². The summed E-state index contributed by atoms with van der Waals surface area (Å²) < 4.78 is 12.1. The summed E-state index contributed by atoms with van der Waals surface area (Å²) in [6, 6.07) is 29.8. The minimum Gasteiger partial charge on any atom is -0.494 e. The predicted octanol–water partition coefficient (Wildman–Crippen LogP) is 7.52. The highest BCUT2D eigenvalue weighted by atomic mass is 16.5. The number of hydrogen-bond acceptors (Lipinski definition) is 4. The van der Waals surface area contributed by atoms with E-state index in [1.165, 1.54) is 0 Å². The Balaban J connectivity index is 1.40. The molecule has 9 heteroatoms. The number of aryl methyl sites for hydroxylation is 3. The van der Waals surface area contributed by atoms with Crippen molar-refractivity contribution in [3.8, 4) is 50.3 Å². The normalized spacial score (nSPS) is 12.0. The fourth-order valence-electron chi connectivity index (χ4n) is 7.41. The van der Waals surface area contributed by atoms with Crippen molar-refractivity contribution in [2.75, 3.05) is 13.2 Å². The Hall–Kier alpha value is -6.97. The first kappa shape index (κ1) is 34.8. The summed E-state index contributed by atoms with van der Waals surface area (Å²) in [6.07, 6.45) is 21.7. The van der Waals surface area contributed by atoms with E-state index in [2.05, 4.69) is 144 Å². The Kier molecular flexibility index (Phi) is 9.12. The molecule has 0 fully saturated rings. The molecule has 0 saturated heterocycles. The smallest absolute Gasteiger partial charge is 0.169 e. The van der Waals surface area contributed by atoms with Gasteiger partial charge in [-0.05, 0) is 95.9 Å². The van der Waals surface area contributed by atoms with Gasteiger partial charge in [0, 0.05) is 80.7 Å². The zero-order valence-electron chi connectivity index (χ0n) is 31.7. The van der Waals surface area contributed by atoms with Gasteiger partial charge in [-0.1, -0.05) is 12.1 Å². The van der Waals surface area contributed by atoms with Gasteiger partial charge in [0.15, 0.2) is 37.2 Å². The number of fused-ring (bicyclic) bond motifs is 8. The van der Waals surface area contributed by atoms with Crippen LogP contribution in [0.25, 0.3) is 90.9 Å². The van der Waals surface area contributed by atoms with E-state index < -0.39 is 0 Å². The average Bonchev–Trinajstić information content (AvgIpc) is 4.06. The quantitative estimate of drug-likeness (QED) is 0.111. The zero-order chi connectivity index (χ0) is 38.2. The van der Waals surface area contributed by atoms with E-state index in [4.69, 9.17) is 20.4 Å². The van der Waals surface area contributed by atoms with Crippen molar-refractivity contribution >= 4 is 46.4 Å². The average molecular weight is 736 g/mol. The third-order valence-electron chi connectivity index (χ3n) is 10.3. The second-order valence-electron chi connectivity index (χ2n) is 14.3. The second-order valence-corrected chi connectivity index (χ2v) is 14.3. The number of rotatable bonds is 8.